The average Bonchev–Trinajstić information content (AvgIpc) is 3.70. The van der Waals surface area contributed by atoms with Gasteiger partial charge in [0.1, 0.15) is 23.5 Å². The largest absolute Gasteiger partial charge is 0.489 e. The minimum atomic E-state index is -0.386. The molecule has 0 radical (unpaired) electrons. The summed E-state index contributed by atoms with van der Waals surface area (Å²) in [7, 11) is 0. The summed E-state index contributed by atoms with van der Waals surface area (Å²) >= 11 is 0. The number of aromatic nitrogens is 3. The standard InChI is InChI=1S/C25H25N7O2.ClH/c26-13-16-3-6-29-23(9-16)31-24-12-18(17-1-2-17)11-22(30-24)19-10-21(15-28-14-19)34-20-4-7-32(8-5-20)25(27)33;/h3,6,9-12,14-15,17,20H,1-2,4-5,7-8H2,(H2,27,33)(H,29,30,31);1H. The van der Waals surface area contributed by atoms with Gasteiger partial charge in [-0.15, -0.1) is 12.4 Å². The highest BCUT2D eigenvalue weighted by molar-refractivity contribution is 5.85. The van der Waals surface area contributed by atoms with Gasteiger partial charge in [0.15, 0.2) is 0 Å². The zero-order valence-corrected chi connectivity index (χ0v) is 19.9. The Morgan fingerprint density at radius 3 is 2.63 bits per heavy atom. The fraction of sp³-hybridized carbons (Fsp3) is 0.320. The van der Waals surface area contributed by atoms with Crippen LogP contribution in [0.25, 0.3) is 11.3 Å². The van der Waals surface area contributed by atoms with Gasteiger partial charge in [-0.1, -0.05) is 0 Å². The molecule has 3 N–H and O–H groups in total. The molecular formula is C25H26ClN7O2. The van der Waals surface area contributed by atoms with E-state index >= 15 is 0 Å². The highest BCUT2D eigenvalue weighted by Crippen LogP contribution is 2.42. The topological polar surface area (TPSA) is 130 Å². The lowest BCUT2D eigenvalue weighted by Gasteiger charge is -2.30. The summed E-state index contributed by atoms with van der Waals surface area (Å²) in [4.78, 5) is 26.5. The number of carbonyl (C=O) groups excluding carboxylic acids is 1. The van der Waals surface area contributed by atoms with Gasteiger partial charge >= 0.3 is 6.03 Å². The fourth-order valence-electron chi connectivity index (χ4n) is 4.13. The first-order valence-electron chi connectivity index (χ1n) is 11.4. The Balaban J connectivity index is 0.00000289. The lowest BCUT2D eigenvalue weighted by molar-refractivity contribution is 0.114. The van der Waals surface area contributed by atoms with Crippen LogP contribution in [-0.4, -0.2) is 45.1 Å². The number of anilines is 2. The van der Waals surface area contributed by atoms with Crippen LogP contribution in [-0.2, 0) is 0 Å². The molecule has 1 saturated carbocycles. The van der Waals surface area contributed by atoms with Crippen LogP contribution in [0.1, 0.15) is 42.7 Å². The second kappa shape index (κ2) is 10.6. The molecule has 1 aliphatic heterocycles. The van der Waals surface area contributed by atoms with E-state index in [1.54, 1.807) is 35.6 Å². The van der Waals surface area contributed by atoms with Crippen molar-refractivity contribution in [3.05, 3.63) is 60.0 Å². The number of nitriles is 1. The number of likely N-dealkylation sites (tertiary alicyclic amines) is 1. The van der Waals surface area contributed by atoms with E-state index in [0.29, 0.717) is 42.0 Å². The minimum absolute atomic E-state index is 0. The van der Waals surface area contributed by atoms with Crippen molar-refractivity contribution in [3.63, 3.8) is 0 Å². The monoisotopic (exact) mass is 491 g/mol. The molecule has 5 rings (SSSR count). The number of carbonyl (C=O) groups is 1. The molecule has 1 aliphatic carbocycles. The van der Waals surface area contributed by atoms with E-state index in [-0.39, 0.29) is 24.5 Å². The molecule has 35 heavy (non-hydrogen) atoms. The molecule has 180 valence electrons. The number of primary amides is 1. The normalized spacial score (nSPS) is 15.6. The van der Waals surface area contributed by atoms with Gasteiger partial charge in [0.05, 0.1) is 23.5 Å². The molecule has 0 atom stereocenters. The molecule has 4 heterocycles. The summed E-state index contributed by atoms with van der Waals surface area (Å²) in [6, 6.07) is 11.2. The number of urea groups is 1. The highest BCUT2D eigenvalue weighted by atomic mass is 35.5. The van der Waals surface area contributed by atoms with Crippen LogP contribution >= 0.6 is 12.4 Å². The molecule has 0 aromatic carbocycles. The van der Waals surface area contributed by atoms with Crippen LogP contribution in [0, 0.1) is 11.3 Å². The number of amides is 2. The maximum Gasteiger partial charge on any atom is 0.314 e. The molecular weight excluding hydrogens is 466 g/mol. The summed E-state index contributed by atoms with van der Waals surface area (Å²) < 4.78 is 6.16. The van der Waals surface area contributed by atoms with E-state index in [2.05, 4.69) is 27.4 Å². The van der Waals surface area contributed by atoms with Crippen molar-refractivity contribution in [2.24, 2.45) is 5.73 Å². The summed E-state index contributed by atoms with van der Waals surface area (Å²) in [5.41, 5.74) is 8.77. The zero-order valence-electron chi connectivity index (χ0n) is 19.1. The Hall–Kier alpha value is -3.90. The smallest absolute Gasteiger partial charge is 0.314 e. The molecule has 2 fully saturated rings. The average molecular weight is 492 g/mol. The number of halogens is 1. The number of nitrogens with zero attached hydrogens (tertiary/aromatic N) is 5. The number of pyridine rings is 3. The molecule has 0 bridgehead atoms. The SMILES string of the molecule is Cl.N#Cc1ccnc(Nc2cc(C3CC3)cc(-c3cncc(OC4CCN(C(N)=O)CC4)c3)n2)c1. The molecule has 1 saturated heterocycles. The van der Waals surface area contributed by atoms with Crippen LogP contribution in [0.2, 0.25) is 0 Å². The van der Waals surface area contributed by atoms with E-state index in [4.69, 9.17) is 20.7 Å². The second-order valence-electron chi connectivity index (χ2n) is 8.66. The highest BCUT2D eigenvalue weighted by Gasteiger charge is 2.25. The molecule has 2 aliphatic rings. The van der Waals surface area contributed by atoms with E-state index < -0.39 is 0 Å². The Morgan fingerprint density at radius 2 is 1.91 bits per heavy atom. The minimum Gasteiger partial charge on any atom is -0.489 e. The molecule has 3 aromatic rings. The number of piperidine rings is 1. The van der Waals surface area contributed by atoms with E-state index in [1.165, 1.54) is 5.56 Å². The quantitative estimate of drug-likeness (QED) is 0.523. The van der Waals surface area contributed by atoms with Gasteiger partial charge in [0.25, 0.3) is 0 Å². The lowest BCUT2D eigenvalue weighted by Crippen LogP contribution is -2.44. The number of nitrogens with two attached hydrogens (primary N) is 1. The maximum absolute atomic E-state index is 11.3. The van der Waals surface area contributed by atoms with Gasteiger partial charge in [0, 0.05) is 43.9 Å². The number of rotatable bonds is 6. The number of nitrogens with one attached hydrogen (secondary N) is 1. The number of ether oxygens (including phenoxy) is 1. The third-order valence-electron chi connectivity index (χ3n) is 6.11. The first-order chi connectivity index (χ1) is 16.6. The third-order valence-corrected chi connectivity index (χ3v) is 6.11. The molecule has 3 aromatic heterocycles. The van der Waals surface area contributed by atoms with Crippen LogP contribution < -0.4 is 15.8 Å². The first-order valence-corrected chi connectivity index (χ1v) is 11.4. The van der Waals surface area contributed by atoms with Crippen molar-refractivity contribution in [3.8, 4) is 23.1 Å². The van der Waals surface area contributed by atoms with Crippen molar-refractivity contribution in [1.29, 1.82) is 5.26 Å². The Bertz CT molecular complexity index is 1250. The van der Waals surface area contributed by atoms with Gasteiger partial charge < -0.3 is 20.7 Å². The van der Waals surface area contributed by atoms with Gasteiger partial charge in [-0.25, -0.2) is 14.8 Å². The first kappa shape index (κ1) is 24.2. The maximum atomic E-state index is 11.3. The molecule has 0 spiro atoms. The fourth-order valence-corrected chi connectivity index (χ4v) is 4.13. The van der Waals surface area contributed by atoms with Crippen LogP contribution in [0.3, 0.4) is 0 Å². The summed E-state index contributed by atoms with van der Waals surface area (Å²) in [6.07, 6.45) is 8.87. The molecule has 0 unspecified atom stereocenters. The number of hydrogen-bond donors (Lipinski definition) is 2. The van der Waals surface area contributed by atoms with Crippen LogP contribution in [0.5, 0.6) is 5.75 Å². The summed E-state index contributed by atoms with van der Waals surface area (Å²) in [5.74, 6) is 2.45. The van der Waals surface area contributed by atoms with E-state index in [0.717, 1.165) is 36.9 Å². The van der Waals surface area contributed by atoms with E-state index in [9.17, 15) is 4.79 Å². The molecule has 9 nitrogen and oxygen atoms in total. The van der Waals surface area contributed by atoms with Crippen molar-refractivity contribution >= 4 is 30.1 Å². The lowest BCUT2D eigenvalue weighted by atomic mass is 10.1. The van der Waals surface area contributed by atoms with Gasteiger partial charge in [-0.2, -0.15) is 5.26 Å². The van der Waals surface area contributed by atoms with Crippen molar-refractivity contribution < 1.29 is 9.53 Å². The predicted molar refractivity (Wildman–Crippen MR) is 134 cm³/mol. The van der Waals surface area contributed by atoms with Crippen molar-refractivity contribution in [2.45, 2.75) is 37.7 Å². The van der Waals surface area contributed by atoms with Crippen LogP contribution in [0.15, 0.2) is 48.9 Å². The second-order valence-corrected chi connectivity index (χ2v) is 8.66. The van der Waals surface area contributed by atoms with Gasteiger partial charge in [0.2, 0.25) is 0 Å². The van der Waals surface area contributed by atoms with E-state index in [1.807, 2.05) is 12.1 Å². The van der Waals surface area contributed by atoms with Gasteiger partial charge in [-0.3, -0.25) is 4.98 Å². The Morgan fingerprint density at radius 1 is 1.11 bits per heavy atom. The number of hydrogen-bond acceptors (Lipinski definition) is 7. The summed E-state index contributed by atoms with van der Waals surface area (Å²) in [6.45, 7) is 1.18. The molecule has 10 heteroatoms. The Kier molecular flexibility index (Phi) is 7.32. The van der Waals surface area contributed by atoms with Crippen molar-refractivity contribution in [1.82, 2.24) is 19.9 Å². The zero-order chi connectivity index (χ0) is 23.5. The van der Waals surface area contributed by atoms with Gasteiger partial charge in [-0.05, 0) is 54.7 Å². The summed E-state index contributed by atoms with van der Waals surface area (Å²) in [5, 5.41) is 12.4. The Labute approximate surface area is 209 Å². The predicted octanol–water partition coefficient (Wildman–Crippen LogP) is 4.37. The van der Waals surface area contributed by atoms with Crippen molar-refractivity contribution in [2.75, 3.05) is 18.4 Å². The molecule has 2 amide bonds. The van der Waals surface area contributed by atoms with Crippen LogP contribution in [0.4, 0.5) is 16.4 Å². The third kappa shape index (κ3) is 5.97.